The van der Waals surface area contributed by atoms with E-state index in [1.54, 1.807) is 18.9 Å². The summed E-state index contributed by atoms with van der Waals surface area (Å²) in [6.07, 6.45) is 0.589. The van der Waals surface area contributed by atoms with Crippen LogP contribution >= 0.6 is 11.6 Å². The molecule has 0 aliphatic rings. The molecule has 0 bridgehead atoms. The Morgan fingerprint density at radius 2 is 2.17 bits per heavy atom. The molecule has 0 unspecified atom stereocenters. The van der Waals surface area contributed by atoms with E-state index in [-0.39, 0.29) is 23.2 Å². The lowest BCUT2D eigenvalue weighted by Gasteiger charge is -2.19. The van der Waals surface area contributed by atoms with E-state index in [1.165, 1.54) is 0 Å². The number of aldehydes is 1. The number of halogens is 1. The second kappa shape index (κ2) is 6.30. The average molecular weight is 271 g/mol. The van der Waals surface area contributed by atoms with Gasteiger partial charge in [0.2, 0.25) is 5.91 Å². The number of nitrogens with one attached hydrogen (secondary N) is 1. The predicted octanol–water partition coefficient (Wildman–Crippen LogP) is 0.823. The molecule has 18 heavy (non-hydrogen) atoms. The summed E-state index contributed by atoms with van der Waals surface area (Å²) in [7, 11) is 1.67. The highest BCUT2D eigenvalue weighted by Gasteiger charge is 2.16. The van der Waals surface area contributed by atoms with Crippen molar-refractivity contribution < 1.29 is 9.59 Å². The van der Waals surface area contributed by atoms with Gasteiger partial charge in [-0.1, -0.05) is 11.6 Å². The molecule has 0 spiro atoms. The van der Waals surface area contributed by atoms with E-state index in [2.05, 4.69) is 15.3 Å². The molecule has 0 aromatic carbocycles. The van der Waals surface area contributed by atoms with Gasteiger partial charge in [-0.2, -0.15) is 0 Å². The summed E-state index contributed by atoms with van der Waals surface area (Å²) in [6, 6.07) is 0. The van der Waals surface area contributed by atoms with E-state index in [4.69, 9.17) is 11.6 Å². The van der Waals surface area contributed by atoms with E-state index in [0.717, 1.165) is 0 Å². The minimum atomic E-state index is -0.149. The Bertz CT molecular complexity index is 465. The Kier molecular flexibility index (Phi) is 5.03. The predicted molar refractivity (Wildman–Crippen MR) is 69.1 cm³/mol. The topological polar surface area (TPSA) is 75.2 Å². The Morgan fingerprint density at radius 3 is 2.72 bits per heavy atom. The third kappa shape index (κ3) is 3.40. The number of carbonyl (C=O) groups is 2. The first-order chi connectivity index (χ1) is 8.49. The third-order valence-electron chi connectivity index (χ3n) is 2.22. The zero-order chi connectivity index (χ0) is 13.7. The molecule has 1 aromatic rings. The van der Waals surface area contributed by atoms with Gasteiger partial charge in [0.1, 0.15) is 16.8 Å². The molecule has 0 atom stereocenters. The van der Waals surface area contributed by atoms with E-state index < -0.39 is 0 Å². The Morgan fingerprint density at radius 1 is 1.50 bits per heavy atom. The molecule has 1 rings (SSSR count). The monoisotopic (exact) mass is 270 g/mol. The standard InChI is InChI=1S/C11H15ClN4O2/c1-4-13-9(18)5-16(3)11-8(6-17)10(12)14-7(2)15-11/h6H,4-5H2,1-3H3,(H,13,18). The van der Waals surface area contributed by atoms with Crippen molar-refractivity contribution in [3.8, 4) is 0 Å². The lowest BCUT2D eigenvalue weighted by molar-refractivity contribution is -0.119. The number of anilines is 1. The molecule has 1 aromatic heterocycles. The van der Waals surface area contributed by atoms with Gasteiger partial charge in [-0.25, -0.2) is 9.97 Å². The molecule has 0 radical (unpaired) electrons. The summed E-state index contributed by atoms with van der Waals surface area (Å²) in [5.74, 6) is 0.654. The number of likely N-dealkylation sites (N-methyl/N-ethyl adjacent to an activating group) is 2. The SMILES string of the molecule is CCNC(=O)CN(C)c1nc(C)nc(Cl)c1C=O. The Balaban J connectivity index is 3.00. The summed E-state index contributed by atoms with van der Waals surface area (Å²) in [4.78, 5) is 32.1. The van der Waals surface area contributed by atoms with E-state index in [0.29, 0.717) is 24.5 Å². The normalized spacial score (nSPS) is 10.0. The lowest BCUT2D eigenvalue weighted by Crippen LogP contribution is -2.36. The zero-order valence-corrected chi connectivity index (χ0v) is 11.3. The van der Waals surface area contributed by atoms with Crippen molar-refractivity contribution >= 4 is 29.6 Å². The van der Waals surface area contributed by atoms with E-state index in [1.807, 2.05) is 6.92 Å². The van der Waals surface area contributed by atoms with Crippen molar-refractivity contribution in [1.29, 1.82) is 0 Å². The molecule has 0 fully saturated rings. The van der Waals surface area contributed by atoms with Crippen molar-refractivity contribution in [2.24, 2.45) is 0 Å². The minimum Gasteiger partial charge on any atom is -0.355 e. The van der Waals surface area contributed by atoms with E-state index in [9.17, 15) is 9.59 Å². The molecule has 0 aliphatic heterocycles. The Hall–Kier alpha value is -1.69. The molecule has 6 nitrogen and oxygen atoms in total. The number of aromatic nitrogens is 2. The molecule has 7 heteroatoms. The highest BCUT2D eigenvalue weighted by Crippen LogP contribution is 2.21. The number of hydrogen-bond donors (Lipinski definition) is 1. The largest absolute Gasteiger partial charge is 0.355 e. The van der Waals surface area contributed by atoms with Gasteiger partial charge in [0.25, 0.3) is 0 Å². The highest BCUT2D eigenvalue weighted by molar-refractivity contribution is 6.32. The van der Waals surface area contributed by atoms with Gasteiger partial charge in [0.05, 0.1) is 12.1 Å². The summed E-state index contributed by atoms with van der Waals surface area (Å²) in [5.41, 5.74) is 0.189. The van der Waals surface area contributed by atoms with Crippen LogP contribution in [0.3, 0.4) is 0 Å². The first-order valence-electron chi connectivity index (χ1n) is 5.46. The maximum absolute atomic E-state index is 11.5. The summed E-state index contributed by atoms with van der Waals surface area (Å²) in [5, 5.41) is 2.76. The van der Waals surface area contributed by atoms with Gasteiger partial charge >= 0.3 is 0 Å². The van der Waals surface area contributed by atoms with Gasteiger partial charge in [0, 0.05) is 13.6 Å². The highest BCUT2D eigenvalue weighted by atomic mass is 35.5. The fourth-order valence-corrected chi connectivity index (χ4v) is 1.72. The molecule has 0 saturated carbocycles. The minimum absolute atomic E-state index is 0.0928. The number of amides is 1. The van der Waals surface area contributed by atoms with Gasteiger partial charge in [0.15, 0.2) is 6.29 Å². The third-order valence-corrected chi connectivity index (χ3v) is 2.51. The number of nitrogens with zero attached hydrogens (tertiary/aromatic N) is 3. The van der Waals surface area contributed by atoms with Crippen LogP contribution in [0.1, 0.15) is 23.1 Å². The lowest BCUT2D eigenvalue weighted by atomic mass is 10.3. The fraction of sp³-hybridized carbons (Fsp3) is 0.455. The molecule has 1 heterocycles. The average Bonchev–Trinajstić information content (AvgIpc) is 2.28. The number of hydrogen-bond acceptors (Lipinski definition) is 5. The molecule has 98 valence electrons. The summed E-state index contributed by atoms with van der Waals surface area (Å²) < 4.78 is 0. The van der Waals surface area contributed by atoms with Crippen molar-refractivity contribution in [3.05, 3.63) is 16.5 Å². The van der Waals surface area contributed by atoms with Crippen LogP contribution in [0.5, 0.6) is 0 Å². The first kappa shape index (κ1) is 14.4. The van der Waals surface area contributed by atoms with Crippen LogP contribution in [0.4, 0.5) is 5.82 Å². The fourth-order valence-electron chi connectivity index (χ4n) is 1.47. The molecular weight excluding hydrogens is 256 g/mol. The van der Waals surface area contributed by atoms with Crippen LogP contribution in [0.15, 0.2) is 0 Å². The van der Waals surface area contributed by atoms with Crippen molar-refractivity contribution in [1.82, 2.24) is 15.3 Å². The van der Waals surface area contributed by atoms with Crippen LogP contribution in [0.25, 0.3) is 0 Å². The second-order valence-corrected chi connectivity index (χ2v) is 4.08. The van der Waals surface area contributed by atoms with Gasteiger partial charge < -0.3 is 10.2 Å². The molecule has 0 aliphatic carbocycles. The van der Waals surface area contributed by atoms with E-state index >= 15 is 0 Å². The maximum Gasteiger partial charge on any atom is 0.239 e. The van der Waals surface area contributed by atoms with Crippen LogP contribution in [0, 0.1) is 6.92 Å². The van der Waals surface area contributed by atoms with Crippen molar-refractivity contribution in [2.45, 2.75) is 13.8 Å². The molecule has 1 amide bonds. The number of aryl methyl sites for hydroxylation is 1. The van der Waals surface area contributed by atoms with Crippen molar-refractivity contribution in [3.63, 3.8) is 0 Å². The quantitative estimate of drug-likeness (QED) is 0.633. The van der Waals surface area contributed by atoms with Gasteiger partial charge in [-0.15, -0.1) is 0 Å². The van der Waals surface area contributed by atoms with Crippen LogP contribution in [0.2, 0.25) is 5.15 Å². The maximum atomic E-state index is 11.5. The summed E-state index contributed by atoms with van der Waals surface area (Å²) in [6.45, 7) is 4.16. The number of rotatable bonds is 5. The van der Waals surface area contributed by atoms with Crippen molar-refractivity contribution in [2.75, 3.05) is 25.0 Å². The van der Waals surface area contributed by atoms with Crippen LogP contribution in [-0.2, 0) is 4.79 Å². The second-order valence-electron chi connectivity index (χ2n) is 3.73. The van der Waals surface area contributed by atoms with Crippen LogP contribution in [-0.4, -0.2) is 42.3 Å². The zero-order valence-electron chi connectivity index (χ0n) is 10.5. The first-order valence-corrected chi connectivity index (χ1v) is 5.84. The van der Waals surface area contributed by atoms with Gasteiger partial charge in [-0.3, -0.25) is 9.59 Å². The smallest absolute Gasteiger partial charge is 0.239 e. The summed E-state index contributed by atoms with van der Waals surface area (Å²) >= 11 is 5.87. The number of carbonyl (C=O) groups excluding carboxylic acids is 2. The van der Waals surface area contributed by atoms with Crippen LogP contribution < -0.4 is 10.2 Å². The molecular formula is C11H15ClN4O2. The molecule has 0 saturated heterocycles. The Labute approximate surface area is 110 Å². The van der Waals surface area contributed by atoms with Gasteiger partial charge in [-0.05, 0) is 13.8 Å². The molecule has 1 N–H and O–H groups in total.